The van der Waals surface area contributed by atoms with E-state index in [1.807, 2.05) is 19.1 Å². The summed E-state index contributed by atoms with van der Waals surface area (Å²) in [6.45, 7) is 5.03. The fraction of sp³-hybridized carbons (Fsp3) is 0.533. The van der Waals surface area contributed by atoms with Gasteiger partial charge in [-0.1, -0.05) is 22.9 Å². The van der Waals surface area contributed by atoms with Crippen LogP contribution in [-0.2, 0) is 9.53 Å². The molecule has 116 valence electrons. The number of carboxylic acids is 1. The van der Waals surface area contributed by atoms with Crippen LogP contribution >= 0.6 is 15.9 Å². The molecule has 1 aliphatic heterocycles. The number of carbonyl (C=O) groups is 1. The van der Waals surface area contributed by atoms with E-state index in [0.717, 1.165) is 16.5 Å². The first-order valence-electron chi connectivity index (χ1n) is 6.93. The zero-order chi connectivity index (χ0) is 15.6. The van der Waals surface area contributed by atoms with Gasteiger partial charge in [0.25, 0.3) is 0 Å². The summed E-state index contributed by atoms with van der Waals surface area (Å²) < 4.78 is 6.36. The molecule has 0 amide bonds. The molecule has 0 bridgehead atoms. The van der Waals surface area contributed by atoms with Gasteiger partial charge in [0.1, 0.15) is 12.4 Å². The molecule has 5 nitrogen and oxygen atoms in total. The highest BCUT2D eigenvalue weighted by Gasteiger charge is 2.43. The van der Waals surface area contributed by atoms with Crippen LogP contribution in [0.2, 0.25) is 0 Å². The van der Waals surface area contributed by atoms with Crippen LogP contribution < -0.4 is 0 Å². The van der Waals surface area contributed by atoms with E-state index < -0.39 is 11.6 Å². The van der Waals surface area contributed by atoms with E-state index >= 15 is 0 Å². The number of likely N-dealkylation sites (tertiary alicyclic amines) is 1. The van der Waals surface area contributed by atoms with Crippen molar-refractivity contribution in [3.05, 3.63) is 28.2 Å². The molecule has 21 heavy (non-hydrogen) atoms. The number of aliphatic carboxylic acids is 1. The van der Waals surface area contributed by atoms with Gasteiger partial charge in [0.15, 0.2) is 0 Å². The van der Waals surface area contributed by atoms with Gasteiger partial charge < -0.3 is 14.9 Å². The van der Waals surface area contributed by atoms with Crippen LogP contribution in [0.15, 0.2) is 22.7 Å². The van der Waals surface area contributed by atoms with Crippen LogP contribution in [0, 0.1) is 0 Å². The van der Waals surface area contributed by atoms with E-state index in [-0.39, 0.29) is 18.4 Å². The van der Waals surface area contributed by atoms with E-state index in [1.54, 1.807) is 6.07 Å². The van der Waals surface area contributed by atoms with Gasteiger partial charge in [-0.25, -0.2) is 4.79 Å². The maximum atomic E-state index is 10.6. The van der Waals surface area contributed by atoms with Crippen LogP contribution in [0.3, 0.4) is 0 Å². The molecule has 0 saturated carbocycles. The van der Waals surface area contributed by atoms with Crippen molar-refractivity contribution in [2.75, 3.05) is 19.7 Å². The smallest absolute Gasteiger partial charge is 0.329 e. The Labute approximate surface area is 132 Å². The summed E-state index contributed by atoms with van der Waals surface area (Å²) in [5.41, 5.74) is 0.458. The highest BCUT2D eigenvalue weighted by atomic mass is 79.9. The second kappa shape index (κ2) is 6.34. The lowest BCUT2D eigenvalue weighted by Crippen LogP contribution is -2.62. The summed E-state index contributed by atoms with van der Waals surface area (Å²) in [7, 11) is 0. The predicted octanol–water partition coefficient (Wildman–Crippen LogP) is 2.78. The average Bonchev–Trinajstić information content (AvgIpc) is 2.39. The molecule has 1 saturated heterocycles. The summed E-state index contributed by atoms with van der Waals surface area (Å²) in [6, 6.07) is 5.52. The molecule has 1 fully saturated rings. The lowest BCUT2D eigenvalue weighted by atomic mass is 9.90. The monoisotopic (exact) mass is 357 g/mol. The number of hydrogen-bond donors (Lipinski definition) is 2. The Balaban J connectivity index is 2.04. The summed E-state index contributed by atoms with van der Waals surface area (Å²) >= 11 is 3.43. The maximum absolute atomic E-state index is 10.6. The maximum Gasteiger partial charge on any atom is 0.329 e. The van der Waals surface area contributed by atoms with Crippen LogP contribution in [0.4, 0.5) is 0 Å². The minimum Gasteiger partial charge on any atom is -0.508 e. The van der Waals surface area contributed by atoms with Crippen molar-refractivity contribution >= 4 is 21.9 Å². The SMILES string of the molecule is CCC(c1cc(Br)ccc1O)N1CC(C)(OCC(=O)O)C1. The summed E-state index contributed by atoms with van der Waals surface area (Å²) in [6.07, 6.45) is 0.860. The van der Waals surface area contributed by atoms with Crippen LogP contribution in [0.1, 0.15) is 31.9 Å². The largest absolute Gasteiger partial charge is 0.508 e. The number of nitrogens with zero attached hydrogens (tertiary/aromatic N) is 1. The van der Waals surface area contributed by atoms with Crippen LogP contribution in [0.25, 0.3) is 0 Å². The molecule has 1 aromatic carbocycles. The van der Waals surface area contributed by atoms with Crippen LogP contribution in [-0.4, -0.2) is 46.4 Å². The van der Waals surface area contributed by atoms with Gasteiger partial charge in [0.05, 0.1) is 5.60 Å². The third-order valence-corrected chi connectivity index (χ3v) is 4.29. The first kappa shape index (κ1) is 16.3. The lowest BCUT2D eigenvalue weighted by Gasteiger charge is -2.51. The van der Waals surface area contributed by atoms with Gasteiger partial charge in [0.2, 0.25) is 0 Å². The highest BCUT2D eigenvalue weighted by Crippen LogP contribution is 2.39. The Kier molecular flexibility index (Phi) is 4.91. The number of ether oxygens (including phenoxy) is 1. The van der Waals surface area contributed by atoms with Crippen molar-refractivity contribution in [2.24, 2.45) is 0 Å². The van der Waals surface area contributed by atoms with E-state index in [4.69, 9.17) is 9.84 Å². The number of phenols is 1. The molecular weight excluding hydrogens is 338 g/mol. The normalized spacial score (nSPS) is 19.0. The zero-order valence-corrected chi connectivity index (χ0v) is 13.8. The van der Waals surface area contributed by atoms with Gasteiger partial charge in [0, 0.05) is 29.2 Å². The Morgan fingerprint density at radius 1 is 1.52 bits per heavy atom. The molecule has 2 N–H and O–H groups in total. The van der Waals surface area contributed by atoms with Gasteiger partial charge in [-0.3, -0.25) is 4.90 Å². The quantitative estimate of drug-likeness (QED) is 0.818. The molecule has 0 radical (unpaired) electrons. The number of halogens is 1. The van der Waals surface area contributed by atoms with Crippen molar-refractivity contribution < 1.29 is 19.7 Å². The van der Waals surface area contributed by atoms with E-state index in [0.29, 0.717) is 13.1 Å². The Morgan fingerprint density at radius 2 is 2.19 bits per heavy atom. The molecule has 6 heteroatoms. The average molecular weight is 358 g/mol. The van der Waals surface area contributed by atoms with Gasteiger partial charge in [-0.15, -0.1) is 0 Å². The number of carboxylic acid groups (broad SMARTS) is 1. The molecule has 1 unspecified atom stereocenters. The summed E-state index contributed by atoms with van der Waals surface area (Å²) in [5, 5.41) is 18.7. The zero-order valence-electron chi connectivity index (χ0n) is 12.2. The molecular formula is C15H20BrNO4. The first-order chi connectivity index (χ1) is 9.84. The number of benzene rings is 1. The molecule has 1 atom stereocenters. The van der Waals surface area contributed by atoms with Crippen molar-refractivity contribution in [1.82, 2.24) is 4.90 Å². The van der Waals surface area contributed by atoms with E-state index in [1.165, 1.54) is 0 Å². The number of aromatic hydroxyl groups is 1. The van der Waals surface area contributed by atoms with Gasteiger partial charge >= 0.3 is 5.97 Å². The van der Waals surface area contributed by atoms with Crippen molar-refractivity contribution in [2.45, 2.75) is 31.9 Å². The number of hydrogen-bond acceptors (Lipinski definition) is 4. The van der Waals surface area contributed by atoms with Crippen LogP contribution in [0.5, 0.6) is 5.75 Å². The summed E-state index contributed by atoms with van der Waals surface area (Å²) in [5.74, 6) is -0.670. The Hall–Kier alpha value is -1.11. The lowest BCUT2D eigenvalue weighted by molar-refractivity contribution is -0.170. The second-order valence-electron chi connectivity index (χ2n) is 5.66. The molecule has 0 aromatic heterocycles. The third kappa shape index (κ3) is 3.75. The fourth-order valence-corrected chi connectivity index (χ4v) is 3.21. The highest BCUT2D eigenvalue weighted by molar-refractivity contribution is 9.10. The minimum atomic E-state index is -0.952. The predicted molar refractivity (Wildman–Crippen MR) is 82.4 cm³/mol. The van der Waals surface area contributed by atoms with Crippen molar-refractivity contribution in [3.63, 3.8) is 0 Å². The first-order valence-corrected chi connectivity index (χ1v) is 7.72. The topological polar surface area (TPSA) is 70.0 Å². The fourth-order valence-electron chi connectivity index (χ4n) is 2.83. The van der Waals surface area contributed by atoms with E-state index in [9.17, 15) is 9.90 Å². The second-order valence-corrected chi connectivity index (χ2v) is 6.58. The molecule has 2 rings (SSSR count). The molecule has 1 aliphatic rings. The Bertz CT molecular complexity index is 528. The summed E-state index contributed by atoms with van der Waals surface area (Å²) in [4.78, 5) is 12.8. The molecule has 0 spiro atoms. The molecule has 1 heterocycles. The standard InChI is InChI=1S/C15H20BrNO4/c1-3-12(11-6-10(16)4-5-13(11)18)17-8-15(2,9-17)21-7-14(19)20/h4-6,12,18H,3,7-9H2,1-2H3,(H,19,20). The number of rotatable bonds is 6. The van der Waals surface area contributed by atoms with E-state index in [2.05, 4.69) is 27.8 Å². The molecule has 1 aromatic rings. The van der Waals surface area contributed by atoms with Gasteiger partial charge in [-0.2, -0.15) is 0 Å². The number of phenolic OH excluding ortho intramolecular Hbond substituents is 1. The third-order valence-electron chi connectivity index (χ3n) is 3.80. The van der Waals surface area contributed by atoms with Crippen molar-refractivity contribution in [1.29, 1.82) is 0 Å². The van der Waals surface area contributed by atoms with Gasteiger partial charge in [-0.05, 0) is 31.5 Å². The minimum absolute atomic E-state index is 0.101. The van der Waals surface area contributed by atoms with Crippen molar-refractivity contribution in [3.8, 4) is 5.75 Å². The molecule has 0 aliphatic carbocycles. The Morgan fingerprint density at radius 3 is 2.76 bits per heavy atom.